The van der Waals surface area contributed by atoms with Crippen LogP contribution in [-0.4, -0.2) is 22.4 Å². The minimum atomic E-state index is -0.574. The normalized spacial score (nSPS) is 15.0. The van der Waals surface area contributed by atoms with Crippen LogP contribution in [0.25, 0.3) is 0 Å². The van der Waals surface area contributed by atoms with Crippen LogP contribution in [0.4, 0.5) is 0 Å². The fraction of sp³-hybridized carbons (Fsp3) is 1.00. The fourth-order valence-corrected chi connectivity index (χ4v) is 0.916. The Morgan fingerprint density at radius 2 is 1.82 bits per heavy atom. The van der Waals surface area contributed by atoms with E-state index in [1.54, 1.807) is 0 Å². The number of unbranched alkanes of at least 4 members (excludes halogenated alkanes) is 1. The lowest BCUT2D eigenvalue weighted by Gasteiger charge is -2.25. The lowest BCUT2D eigenvalue weighted by atomic mass is 9.88. The van der Waals surface area contributed by atoms with Gasteiger partial charge >= 0.3 is 0 Å². The first kappa shape index (κ1) is 10.9. The van der Waals surface area contributed by atoms with Crippen LogP contribution in [0.1, 0.15) is 40.0 Å². The van der Waals surface area contributed by atoms with Crippen LogP contribution in [-0.2, 0) is 0 Å². The summed E-state index contributed by atoms with van der Waals surface area (Å²) in [5.74, 6) is 0.314. The van der Waals surface area contributed by atoms with Crippen LogP contribution in [0.15, 0.2) is 0 Å². The monoisotopic (exact) mass is 160 g/mol. The summed E-state index contributed by atoms with van der Waals surface area (Å²) in [6, 6.07) is 0. The molecule has 2 heteroatoms. The van der Waals surface area contributed by atoms with E-state index in [0.29, 0.717) is 5.92 Å². The first-order chi connectivity index (χ1) is 4.98. The number of hydrogen-bond donors (Lipinski definition) is 2. The van der Waals surface area contributed by atoms with Gasteiger partial charge in [-0.2, -0.15) is 0 Å². The summed E-state index contributed by atoms with van der Waals surface area (Å²) < 4.78 is 0. The Bertz CT molecular complexity index is 94.2. The Kier molecular flexibility index (Phi) is 4.69. The SMILES string of the molecule is C[C@H](CCCCO)C(C)(C)O. The maximum Gasteiger partial charge on any atom is 0.0617 e. The summed E-state index contributed by atoms with van der Waals surface area (Å²) in [6.07, 6.45) is 2.84. The van der Waals surface area contributed by atoms with Gasteiger partial charge in [0.05, 0.1) is 5.60 Å². The summed E-state index contributed by atoms with van der Waals surface area (Å²) in [7, 11) is 0. The zero-order valence-electron chi connectivity index (χ0n) is 7.80. The maximum absolute atomic E-state index is 9.52. The topological polar surface area (TPSA) is 40.5 Å². The summed E-state index contributed by atoms with van der Waals surface area (Å²) >= 11 is 0. The zero-order chi connectivity index (χ0) is 8.91. The molecule has 2 N–H and O–H groups in total. The molecule has 2 nitrogen and oxygen atoms in total. The molecule has 0 fully saturated rings. The number of aliphatic hydroxyl groups is 2. The van der Waals surface area contributed by atoms with Crippen molar-refractivity contribution >= 4 is 0 Å². The average Bonchev–Trinajstić information content (AvgIpc) is 1.86. The van der Waals surface area contributed by atoms with Crippen molar-refractivity contribution in [2.45, 2.75) is 45.6 Å². The van der Waals surface area contributed by atoms with Gasteiger partial charge in [0.15, 0.2) is 0 Å². The highest BCUT2D eigenvalue weighted by Crippen LogP contribution is 2.20. The molecule has 0 rings (SSSR count). The van der Waals surface area contributed by atoms with E-state index in [9.17, 15) is 5.11 Å². The van der Waals surface area contributed by atoms with Crippen molar-refractivity contribution in [2.75, 3.05) is 6.61 Å². The molecule has 68 valence electrons. The molecule has 0 heterocycles. The molecular formula is C9H20O2. The molecule has 0 unspecified atom stereocenters. The second-order valence-corrected chi connectivity index (χ2v) is 3.77. The Balaban J connectivity index is 3.44. The first-order valence-electron chi connectivity index (χ1n) is 4.31. The second kappa shape index (κ2) is 4.73. The Hall–Kier alpha value is -0.0800. The standard InChI is InChI=1S/C9H20O2/c1-8(9(2,3)11)6-4-5-7-10/h8,10-11H,4-7H2,1-3H3/t8-/m1/s1. The highest BCUT2D eigenvalue weighted by Gasteiger charge is 2.20. The molecule has 11 heavy (non-hydrogen) atoms. The highest BCUT2D eigenvalue weighted by atomic mass is 16.3. The molecule has 0 aromatic rings. The molecule has 0 aliphatic heterocycles. The van der Waals surface area contributed by atoms with Crippen LogP contribution in [0.2, 0.25) is 0 Å². The summed E-state index contributed by atoms with van der Waals surface area (Å²) in [4.78, 5) is 0. The number of aliphatic hydroxyl groups excluding tert-OH is 1. The predicted molar refractivity (Wildman–Crippen MR) is 46.4 cm³/mol. The number of hydrogen-bond acceptors (Lipinski definition) is 2. The minimum absolute atomic E-state index is 0.262. The van der Waals surface area contributed by atoms with Crippen molar-refractivity contribution in [1.29, 1.82) is 0 Å². The lowest BCUT2D eigenvalue weighted by molar-refractivity contribution is 0.0199. The molecule has 0 saturated carbocycles. The van der Waals surface area contributed by atoms with E-state index in [-0.39, 0.29) is 6.61 Å². The van der Waals surface area contributed by atoms with Crippen LogP contribution in [0, 0.1) is 5.92 Å². The molecule has 0 bridgehead atoms. The molecule has 0 radical (unpaired) electrons. The first-order valence-corrected chi connectivity index (χ1v) is 4.31. The van der Waals surface area contributed by atoms with Crippen molar-refractivity contribution in [3.8, 4) is 0 Å². The second-order valence-electron chi connectivity index (χ2n) is 3.77. The van der Waals surface area contributed by atoms with E-state index < -0.39 is 5.60 Å². The van der Waals surface area contributed by atoms with Crippen LogP contribution >= 0.6 is 0 Å². The van der Waals surface area contributed by atoms with Crippen molar-refractivity contribution in [2.24, 2.45) is 5.92 Å². The molecular weight excluding hydrogens is 140 g/mol. The molecule has 0 saturated heterocycles. The van der Waals surface area contributed by atoms with E-state index in [2.05, 4.69) is 0 Å². The van der Waals surface area contributed by atoms with Gasteiger partial charge in [0.2, 0.25) is 0 Å². The average molecular weight is 160 g/mol. The smallest absolute Gasteiger partial charge is 0.0617 e. The maximum atomic E-state index is 9.52. The Morgan fingerprint density at radius 3 is 2.18 bits per heavy atom. The largest absolute Gasteiger partial charge is 0.396 e. The fourth-order valence-electron chi connectivity index (χ4n) is 0.916. The van der Waals surface area contributed by atoms with Crippen molar-refractivity contribution in [3.63, 3.8) is 0 Å². The van der Waals surface area contributed by atoms with Gasteiger partial charge in [-0.15, -0.1) is 0 Å². The molecule has 0 amide bonds. The van der Waals surface area contributed by atoms with E-state index in [1.165, 1.54) is 0 Å². The van der Waals surface area contributed by atoms with Gasteiger partial charge in [0.25, 0.3) is 0 Å². The predicted octanol–water partition coefficient (Wildman–Crippen LogP) is 1.56. The minimum Gasteiger partial charge on any atom is -0.396 e. The van der Waals surface area contributed by atoms with Crippen LogP contribution in [0.5, 0.6) is 0 Å². The summed E-state index contributed by atoms with van der Waals surface area (Å²) in [5.41, 5.74) is -0.574. The third kappa shape index (κ3) is 5.22. The van der Waals surface area contributed by atoms with Gasteiger partial charge in [-0.05, 0) is 32.6 Å². The molecule has 1 atom stereocenters. The van der Waals surface area contributed by atoms with E-state index in [1.807, 2.05) is 20.8 Å². The Labute approximate surface area is 69.2 Å². The quantitative estimate of drug-likeness (QED) is 0.599. The number of rotatable bonds is 5. The van der Waals surface area contributed by atoms with E-state index in [0.717, 1.165) is 19.3 Å². The summed E-state index contributed by atoms with van der Waals surface area (Å²) in [5, 5.41) is 18.0. The van der Waals surface area contributed by atoms with Crippen LogP contribution in [0.3, 0.4) is 0 Å². The van der Waals surface area contributed by atoms with Crippen LogP contribution < -0.4 is 0 Å². The van der Waals surface area contributed by atoms with Crippen molar-refractivity contribution in [1.82, 2.24) is 0 Å². The molecule has 0 aromatic carbocycles. The van der Waals surface area contributed by atoms with Gasteiger partial charge in [-0.25, -0.2) is 0 Å². The van der Waals surface area contributed by atoms with Gasteiger partial charge in [0, 0.05) is 6.61 Å². The summed E-state index contributed by atoms with van der Waals surface area (Å²) in [6.45, 7) is 5.96. The van der Waals surface area contributed by atoms with Gasteiger partial charge in [-0.3, -0.25) is 0 Å². The lowest BCUT2D eigenvalue weighted by Crippen LogP contribution is -2.28. The molecule has 0 aliphatic rings. The van der Waals surface area contributed by atoms with E-state index in [4.69, 9.17) is 5.11 Å². The Morgan fingerprint density at radius 1 is 1.27 bits per heavy atom. The van der Waals surface area contributed by atoms with Gasteiger partial charge < -0.3 is 10.2 Å². The van der Waals surface area contributed by atoms with Crippen molar-refractivity contribution in [3.05, 3.63) is 0 Å². The molecule has 0 aromatic heterocycles. The van der Waals surface area contributed by atoms with E-state index >= 15 is 0 Å². The van der Waals surface area contributed by atoms with Gasteiger partial charge in [0.1, 0.15) is 0 Å². The van der Waals surface area contributed by atoms with Gasteiger partial charge in [-0.1, -0.05) is 13.3 Å². The third-order valence-corrected chi connectivity index (χ3v) is 2.25. The third-order valence-electron chi connectivity index (χ3n) is 2.25. The zero-order valence-corrected chi connectivity index (χ0v) is 7.80. The van der Waals surface area contributed by atoms with Crippen molar-refractivity contribution < 1.29 is 10.2 Å². The highest BCUT2D eigenvalue weighted by molar-refractivity contribution is 4.72. The molecule has 0 aliphatic carbocycles. The molecule has 0 spiro atoms.